The molecular weight excluding hydrogens is 731 g/mol. The quantitative estimate of drug-likeness (QED) is 0.135. The average Bonchev–Trinajstić information content (AvgIpc) is 3.24. The van der Waals surface area contributed by atoms with Crippen LogP contribution in [0.2, 0.25) is 0 Å². The third kappa shape index (κ3) is 4.16. The van der Waals surface area contributed by atoms with Gasteiger partial charge in [0.25, 0.3) is 0 Å². The van der Waals surface area contributed by atoms with Crippen LogP contribution < -0.4 is 7.16 Å². The molecule has 0 radical (unpaired) electrons. The molecule has 1 heteroatoms. The minimum atomic E-state index is -4.66. The summed E-state index contributed by atoms with van der Waals surface area (Å²) in [6.07, 6.45) is 0. The van der Waals surface area contributed by atoms with E-state index < -0.39 is 30.7 Å². The first-order valence-electron chi connectivity index (χ1n) is 18.3. The second-order valence-electron chi connectivity index (χ2n) is 13.9. The van der Waals surface area contributed by atoms with Gasteiger partial charge >= 0.3 is 314 Å². The summed E-state index contributed by atoms with van der Waals surface area (Å²) in [5, 5.41) is 0. The van der Waals surface area contributed by atoms with Crippen molar-refractivity contribution in [2.24, 2.45) is 0 Å². The van der Waals surface area contributed by atoms with Crippen LogP contribution in [0.15, 0.2) is 243 Å². The van der Waals surface area contributed by atoms with Crippen LogP contribution in [0.3, 0.4) is 0 Å². The fourth-order valence-corrected chi connectivity index (χ4v) is 34.4. The Hall–Kier alpha value is -5.44. The van der Waals surface area contributed by atoms with Gasteiger partial charge in [0, 0.05) is 0 Å². The van der Waals surface area contributed by atoms with E-state index in [0.717, 1.165) is 0 Å². The molecule has 8 aromatic rings. The molecule has 0 spiro atoms. The second kappa shape index (κ2) is 13.3. The van der Waals surface area contributed by atoms with Gasteiger partial charge in [-0.15, -0.1) is 0 Å². The Bertz CT molecular complexity index is 1840. The van der Waals surface area contributed by atoms with Crippen LogP contribution >= 0.6 is 0 Å². The second-order valence-corrected chi connectivity index (χ2v) is 25.8. The zero-order valence-electron chi connectivity index (χ0n) is 29.1. The van der Waals surface area contributed by atoms with E-state index in [1.807, 2.05) is 0 Å². The molecule has 0 bridgehead atoms. The number of hydrogen-bond acceptors (Lipinski definition) is 0. The Kier molecular flexibility index (Phi) is 8.29. The van der Waals surface area contributed by atoms with E-state index in [2.05, 4.69) is 243 Å². The van der Waals surface area contributed by atoms with E-state index in [1.54, 1.807) is 0 Å². The molecule has 0 N–H and O–H groups in total. The molecule has 0 aromatic heterocycles. The molecule has 1 aliphatic heterocycles. The minimum absolute atomic E-state index is 0.499. The Balaban J connectivity index is 1.70. The first-order chi connectivity index (χ1) is 25.8. The SMILES string of the molecule is c1ccc(C2(c3ccccc3)[C](c3ccccc3)(c3ccccc3)[Sn]([c]3ccccc3)([c]3ccccc3)[C]2(c2ccccc2)c2ccccc2)cc1. The monoisotopic (exact) mass is 772 g/mol. The van der Waals surface area contributed by atoms with Crippen molar-refractivity contribution in [3.8, 4) is 0 Å². The molecule has 1 saturated heterocycles. The van der Waals surface area contributed by atoms with Crippen LogP contribution in [0.4, 0.5) is 0 Å². The van der Waals surface area contributed by atoms with Gasteiger partial charge in [0.2, 0.25) is 0 Å². The van der Waals surface area contributed by atoms with E-state index >= 15 is 0 Å². The normalized spacial score (nSPS) is 16.3. The fourth-order valence-electron chi connectivity index (χ4n) is 10.7. The third-order valence-electron chi connectivity index (χ3n) is 11.9. The topological polar surface area (TPSA) is 0 Å². The number of rotatable bonds is 8. The maximum absolute atomic E-state index is 4.66. The Morgan fingerprint density at radius 2 is 0.404 bits per heavy atom. The van der Waals surface area contributed by atoms with Crippen LogP contribution in [-0.4, -0.2) is 18.4 Å². The molecule has 248 valence electrons. The van der Waals surface area contributed by atoms with Gasteiger partial charge < -0.3 is 0 Å². The Morgan fingerprint density at radius 3 is 0.635 bits per heavy atom. The molecule has 8 aromatic carbocycles. The summed E-state index contributed by atoms with van der Waals surface area (Å²) in [6.45, 7) is 0. The van der Waals surface area contributed by atoms with Crippen molar-refractivity contribution in [1.82, 2.24) is 0 Å². The van der Waals surface area contributed by atoms with Gasteiger partial charge in [0.15, 0.2) is 0 Å². The number of benzene rings is 8. The third-order valence-corrected chi connectivity index (χ3v) is 30.6. The van der Waals surface area contributed by atoms with Crippen LogP contribution in [0, 0.1) is 0 Å². The molecule has 0 unspecified atom stereocenters. The standard InChI is InChI=1S/C39H30.2C6H5.Sn/c1-7-19-31(20-8-1)37(32-21-9-2-10-22-32)39(35-27-15-5-16-28-35,36-29-17-6-18-30-36)38(33-23-11-3-12-24-33)34-25-13-4-14-26-34;2*1-2-4-6-5-3-1;/h1-30H;2*1-5H;. The van der Waals surface area contributed by atoms with E-state index in [-0.39, 0.29) is 0 Å². The van der Waals surface area contributed by atoms with E-state index in [0.29, 0.717) is 0 Å². The average molecular weight is 772 g/mol. The van der Waals surface area contributed by atoms with Crippen LogP contribution in [0.5, 0.6) is 0 Å². The predicted molar refractivity (Wildman–Crippen MR) is 219 cm³/mol. The molecule has 0 amide bonds. The Morgan fingerprint density at radius 1 is 0.212 bits per heavy atom. The van der Waals surface area contributed by atoms with Gasteiger partial charge in [-0.2, -0.15) is 0 Å². The molecule has 0 aliphatic carbocycles. The molecule has 0 nitrogen and oxygen atoms in total. The summed E-state index contributed by atoms with van der Waals surface area (Å²) in [4.78, 5) is 0. The Labute approximate surface area is 312 Å². The maximum atomic E-state index is 2.48. The molecule has 0 atom stereocenters. The van der Waals surface area contributed by atoms with Gasteiger partial charge in [-0.25, -0.2) is 0 Å². The first-order valence-corrected chi connectivity index (χ1v) is 24.0. The van der Waals surface area contributed by atoms with Crippen molar-refractivity contribution < 1.29 is 0 Å². The van der Waals surface area contributed by atoms with Crippen LogP contribution in [0.1, 0.15) is 33.4 Å². The zero-order valence-corrected chi connectivity index (χ0v) is 31.9. The van der Waals surface area contributed by atoms with Gasteiger partial charge in [0.05, 0.1) is 0 Å². The molecule has 0 saturated carbocycles. The first kappa shape index (κ1) is 32.5. The summed E-state index contributed by atoms with van der Waals surface area (Å²) in [5.41, 5.74) is 7.47. The summed E-state index contributed by atoms with van der Waals surface area (Å²) in [7, 11) is 0. The predicted octanol–water partition coefficient (Wildman–Crippen LogP) is 10.3. The van der Waals surface area contributed by atoms with Crippen molar-refractivity contribution in [3.63, 3.8) is 0 Å². The molecule has 1 aliphatic rings. The van der Waals surface area contributed by atoms with E-state index in [1.165, 1.54) is 40.5 Å². The molecule has 1 fully saturated rings. The van der Waals surface area contributed by atoms with E-state index in [4.69, 9.17) is 0 Å². The van der Waals surface area contributed by atoms with Crippen molar-refractivity contribution in [1.29, 1.82) is 0 Å². The summed E-state index contributed by atoms with van der Waals surface area (Å²) in [6, 6.07) is 92.7. The van der Waals surface area contributed by atoms with Gasteiger partial charge in [-0.05, 0) is 0 Å². The fraction of sp³-hybridized carbons (Fsp3) is 0.0588. The summed E-state index contributed by atoms with van der Waals surface area (Å²) >= 11 is -4.66. The molecule has 1 heterocycles. The molecular formula is C51H40Sn. The molecule has 9 rings (SSSR count). The molecule has 52 heavy (non-hydrogen) atoms. The van der Waals surface area contributed by atoms with Crippen molar-refractivity contribution in [3.05, 3.63) is 276 Å². The van der Waals surface area contributed by atoms with Crippen LogP contribution in [-0.2, 0) is 12.3 Å². The summed E-state index contributed by atoms with van der Waals surface area (Å²) in [5.74, 6) is 0. The summed E-state index contributed by atoms with van der Waals surface area (Å²) < 4.78 is 1.96. The van der Waals surface area contributed by atoms with Crippen molar-refractivity contribution in [2.75, 3.05) is 0 Å². The van der Waals surface area contributed by atoms with Crippen LogP contribution in [0.25, 0.3) is 0 Å². The van der Waals surface area contributed by atoms with Gasteiger partial charge in [0.1, 0.15) is 0 Å². The van der Waals surface area contributed by atoms with Crippen molar-refractivity contribution >= 4 is 25.5 Å². The van der Waals surface area contributed by atoms with E-state index in [9.17, 15) is 0 Å². The number of hydrogen-bond donors (Lipinski definition) is 0. The zero-order chi connectivity index (χ0) is 34.9. The van der Waals surface area contributed by atoms with Gasteiger partial charge in [-0.3, -0.25) is 0 Å². The van der Waals surface area contributed by atoms with Gasteiger partial charge in [-0.1, -0.05) is 0 Å². The van der Waals surface area contributed by atoms with Crippen molar-refractivity contribution in [2.45, 2.75) is 12.3 Å².